The van der Waals surface area contributed by atoms with Crippen LogP contribution < -0.4 is 0 Å². The summed E-state index contributed by atoms with van der Waals surface area (Å²) in [6.45, 7) is 3.75. The molecule has 0 radical (unpaired) electrons. The Kier molecular flexibility index (Phi) is 3.00. The summed E-state index contributed by atoms with van der Waals surface area (Å²) in [7, 11) is 0. The van der Waals surface area contributed by atoms with E-state index in [0.29, 0.717) is 28.6 Å². The van der Waals surface area contributed by atoms with Crippen molar-refractivity contribution in [2.75, 3.05) is 6.61 Å². The predicted molar refractivity (Wildman–Crippen MR) is 58.3 cm³/mol. The highest BCUT2D eigenvalue weighted by Crippen LogP contribution is 2.27. The number of aromatic nitrogens is 2. The van der Waals surface area contributed by atoms with Crippen LogP contribution in [0.15, 0.2) is 16.1 Å². The van der Waals surface area contributed by atoms with E-state index in [1.165, 1.54) is 11.3 Å². The number of hydrogen-bond donors (Lipinski definition) is 0. The third-order valence-corrected chi connectivity index (χ3v) is 2.76. The lowest BCUT2D eigenvalue weighted by molar-refractivity contribution is 0.0525. The molecule has 2 aromatic rings. The molecule has 0 unspecified atom stereocenters. The van der Waals surface area contributed by atoms with Gasteiger partial charge in [0, 0.05) is 11.6 Å². The van der Waals surface area contributed by atoms with Crippen LogP contribution in [0.3, 0.4) is 0 Å². The summed E-state index contributed by atoms with van der Waals surface area (Å²) in [5.74, 6) is 0.0232. The second-order valence-electron chi connectivity index (χ2n) is 3.02. The first kappa shape index (κ1) is 10.8. The number of hydrogen-bond acceptors (Lipinski definition) is 6. The van der Waals surface area contributed by atoms with E-state index in [9.17, 15) is 4.79 Å². The molecular formula is C10H10N2O3S. The molecule has 2 aromatic heterocycles. The Labute approximate surface area is 96.0 Å². The van der Waals surface area contributed by atoms with Crippen LogP contribution in [0.2, 0.25) is 0 Å². The predicted octanol–water partition coefficient (Wildman–Crippen LogP) is 2.28. The van der Waals surface area contributed by atoms with Crippen LogP contribution in [0, 0.1) is 6.92 Å². The van der Waals surface area contributed by atoms with Crippen molar-refractivity contribution < 1.29 is 14.1 Å². The highest BCUT2D eigenvalue weighted by atomic mass is 32.1. The highest BCUT2D eigenvalue weighted by molar-refractivity contribution is 7.13. The largest absolute Gasteiger partial charge is 0.462 e. The van der Waals surface area contributed by atoms with Gasteiger partial charge < -0.3 is 9.26 Å². The first-order chi connectivity index (χ1) is 7.74. The first-order valence-electron chi connectivity index (χ1n) is 4.77. The summed E-state index contributed by atoms with van der Waals surface area (Å²) in [5.41, 5.74) is 0.808. The van der Waals surface area contributed by atoms with Gasteiger partial charge in [-0.1, -0.05) is 5.16 Å². The highest BCUT2D eigenvalue weighted by Gasteiger charge is 2.23. The van der Waals surface area contributed by atoms with Crippen LogP contribution in [0.1, 0.15) is 23.0 Å². The van der Waals surface area contributed by atoms with Gasteiger partial charge in [0.25, 0.3) is 0 Å². The summed E-state index contributed by atoms with van der Waals surface area (Å²) in [4.78, 5) is 15.8. The van der Waals surface area contributed by atoms with Crippen molar-refractivity contribution in [3.05, 3.63) is 22.9 Å². The fourth-order valence-electron chi connectivity index (χ4n) is 1.30. The number of ether oxygens (including phenoxy) is 1. The normalized spacial score (nSPS) is 10.4. The molecule has 0 saturated carbocycles. The van der Waals surface area contributed by atoms with Gasteiger partial charge in [0.1, 0.15) is 16.3 Å². The van der Waals surface area contributed by atoms with Gasteiger partial charge in [-0.05, 0) is 13.8 Å². The van der Waals surface area contributed by atoms with Crippen molar-refractivity contribution in [2.45, 2.75) is 13.8 Å². The van der Waals surface area contributed by atoms with E-state index >= 15 is 0 Å². The van der Waals surface area contributed by atoms with E-state index in [4.69, 9.17) is 9.26 Å². The Morgan fingerprint density at radius 2 is 2.44 bits per heavy atom. The maximum Gasteiger partial charge on any atom is 0.344 e. The number of nitrogens with zero attached hydrogens (tertiary/aromatic N) is 2. The molecule has 0 bridgehead atoms. The number of carbonyl (C=O) groups excluding carboxylic acids is 1. The van der Waals surface area contributed by atoms with Gasteiger partial charge in [-0.3, -0.25) is 0 Å². The third kappa shape index (κ3) is 1.83. The molecule has 0 aliphatic carbocycles. The Hall–Kier alpha value is -1.69. The molecule has 0 atom stereocenters. The Morgan fingerprint density at radius 3 is 3.06 bits per heavy atom. The van der Waals surface area contributed by atoms with Crippen molar-refractivity contribution >= 4 is 17.3 Å². The zero-order valence-electron chi connectivity index (χ0n) is 8.89. The van der Waals surface area contributed by atoms with Crippen LogP contribution >= 0.6 is 11.3 Å². The minimum Gasteiger partial charge on any atom is -0.462 e. The minimum absolute atomic E-state index is 0.320. The van der Waals surface area contributed by atoms with Crippen LogP contribution in [0.5, 0.6) is 0 Å². The maximum absolute atomic E-state index is 11.7. The lowest BCUT2D eigenvalue weighted by Gasteiger charge is -2.00. The Morgan fingerprint density at radius 1 is 1.62 bits per heavy atom. The molecule has 84 valence electrons. The molecule has 16 heavy (non-hydrogen) atoms. The Balaban J connectivity index is 2.44. The van der Waals surface area contributed by atoms with Gasteiger partial charge >= 0.3 is 5.97 Å². The van der Waals surface area contributed by atoms with Crippen molar-refractivity contribution in [1.82, 2.24) is 10.1 Å². The van der Waals surface area contributed by atoms with Gasteiger partial charge in [-0.15, -0.1) is 11.3 Å². The number of thiazole rings is 1. The third-order valence-electron chi connectivity index (χ3n) is 1.98. The molecule has 6 heteroatoms. The molecule has 0 aliphatic rings. The lowest BCUT2D eigenvalue weighted by atomic mass is 10.2. The van der Waals surface area contributed by atoms with Crippen molar-refractivity contribution in [3.63, 3.8) is 0 Å². The average Bonchev–Trinajstić information content (AvgIpc) is 2.86. The smallest absolute Gasteiger partial charge is 0.344 e. The average molecular weight is 238 g/mol. The molecule has 0 aromatic carbocycles. The van der Waals surface area contributed by atoms with E-state index in [1.54, 1.807) is 20.0 Å². The number of aryl methyl sites for hydroxylation is 1. The standard InChI is InChI=1S/C10H10N2O3S/c1-3-14-10(13)7-6(2)15-12-8(7)9-11-4-5-16-9/h4-5H,3H2,1-2H3. The van der Waals surface area contributed by atoms with E-state index in [-0.39, 0.29) is 0 Å². The molecule has 0 saturated heterocycles. The van der Waals surface area contributed by atoms with Gasteiger partial charge in [0.05, 0.1) is 6.61 Å². The number of rotatable bonds is 3. The van der Waals surface area contributed by atoms with Crippen LogP contribution in [0.25, 0.3) is 10.7 Å². The molecule has 0 N–H and O–H groups in total. The zero-order chi connectivity index (χ0) is 11.5. The van der Waals surface area contributed by atoms with Gasteiger partial charge in [0.15, 0.2) is 5.69 Å². The molecule has 0 aliphatic heterocycles. The second-order valence-corrected chi connectivity index (χ2v) is 3.91. The summed E-state index contributed by atoms with van der Waals surface area (Å²) < 4.78 is 9.95. The van der Waals surface area contributed by atoms with Crippen LogP contribution in [-0.4, -0.2) is 22.7 Å². The zero-order valence-corrected chi connectivity index (χ0v) is 9.71. The molecule has 5 nitrogen and oxygen atoms in total. The monoisotopic (exact) mass is 238 g/mol. The second kappa shape index (κ2) is 4.44. The molecule has 2 heterocycles. The summed E-state index contributed by atoms with van der Waals surface area (Å²) in [5, 5.41) is 6.30. The summed E-state index contributed by atoms with van der Waals surface area (Å²) in [6, 6.07) is 0. The molecular weight excluding hydrogens is 228 g/mol. The maximum atomic E-state index is 11.7. The molecule has 0 amide bonds. The van der Waals surface area contributed by atoms with Gasteiger partial charge in [-0.2, -0.15) is 0 Å². The van der Waals surface area contributed by atoms with Crippen molar-refractivity contribution in [1.29, 1.82) is 0 Å². The molecule has 2 rings (SSSR count). The lowest BCUT2D eigenvalue weighted by Crippen LogP contribution is -2.06. The molecule has 0 spiro atoms. The van der Waals surface area contributed by atoms with E-state index in [0.717, 1.165) is 0 Å². The minimum atomic E-state index is -0.425. The number of carbonyl (C=O) groups is 1. The Bertz CT molecular complexity index is 490. The van der Waals surface area contributed by atoms with E-state index in [1.807, 2.05) is 5.38 Å². The van der Waals surface area contributed by atoms with Gasteiger partial charge in [0.2, 0.25) is 0 Å². The van der Waals surface area contributed by atoms with Gasteiger partial charge in [-0.25, -0.2) is 9.78 Å². The van der Waals surface area contributed by atoms with Crippen molar-refractivity contribution in [2.24, 2.45) is 0 Å². The molecule has 0 fully saturated rings. The van der Waals surface area contributed by atoms with E-state index < -0.39 is 5.97 Å². The topological polar surface area (TPSA) is 65.2 Å². The SMILES string of the molecule is CCOC(=O)c1c(-c2nccs2)noc1C. The summed E-state index contributed by atoms with van der Waals surface area (Å²) >= 11 is 1.40. The van der Waals surface area contributed by atoms with Crippen LogP contribution in [-0.2, 0) is 4.74 Å². The fraction of sp³-hybridized carbons (Fsp3) is 0.300. The first-order valence-corrected chi connectivity index (χ1v) is 5.65. The fourth-order valence-corrected chi connectivity index (χ4v) is 1.93. The quantitative estimate of drug-likeness (QED) is 0.767. The van der Waals surface area contributed by atoms with Crippen molar-refractivity contribution in [3.8, 4) is 10.7 Å². The number of esters is 1. The summed E-state index contributed by atoms with van der Waals surface area (Å²) in [6.07, 6.45) is 1.65. The van der Waals surface area contributed by atoms with E-state index in [2.05, 4.69) is 10.1 Å². The van der Waals surface area contributed by atoms with Crippen LogP contribution in [0.4, 0.5) is 0 Å².